The molecule has 0 aliphatic heterocycles. The van der Waals surface area contributed by atoms with Crippen molar-refractivity contribution < 1.29 is 4.79 Å². The standard InChI is InChI=1S/C14H13BrN2O2/c1-8-5-10(15)6-9(2)13(8)17-14(19)11-7-16-4-3-12(11)18/h3-7H,1-2H3,(H,16,18)(H,17,19). The zero-order valence-electron chi connectivity index (χ0n) is 10.6. The minimum atomic E-state index is -0.407. The molecular formula is C14H13BrN2O2. The van der Waals surface area contributed by atoms with Crippen molar-refractivity contribution in [2.45, 2.75) is 13.8 Å². The Morgan fingerprint density at radius 2 is 1.89 bits per heavy atom. The van der Waals surface area contributed by atoms with E-state index < -0.39 is 5.91 Å². The molecular weight excluding hydrogens is 308 g/mol. The van der Waals surface area contributed by atoms with Crippen LogP contribution in [0.25, 0.3) is 0 Å². The number of pyridine rings is 1. The molecule has 1 aromatic heterocycles. The predicted molar refractivity (Wildman–Crippen MR) is 78.6 cm³/mol. The summed E-state index contributed by atoms with van der Waals surface area (Å²) in [6, 6.07) is 5.16. The van der Waals surface area contributed by atoms with Crippen molar-refractivity contribution in [2.24, 2.45) is 0 Å². The predicted octanol–water partition coefficient (Wildman–Crippen LogP) is 3.01. The summed E-state index contributed by atoms with van der Waals surface area (Å²) in [6.07, 6.45) is 2.90. The second kappa shape index (κ2) is 5.40. The van der Waals surface area contributed by atoms with Crippen LogP contribution in [0.1, 0.15) is 21.5 Å². The molecule has 0 saturated heterocycles. The van der Waals surface area contributed by atoms with Crippen molar-refractivity contribution >= 4 is 27.5 Å². The number of halogens is 1. The van der Waals surface area contributed by atoms with Crippen LogP contribution < -0.4 is 10.7 Å². The summed E-state index contributed by atoms with van der Waals surface area (Å²) >= 11 is 3.40. The summed E-state index contributed by atoms with van der Waals surface area (Å²) < 4.78 is 0.957. The van der Waals surface area contributed by atoms with Crippen molar-refractivity contribution in [3.8, 4) is 0 Å². The Balaban J connectivity index is 2.35. The van der Waals surface area contributed by atoms with Crippen molar-refractivity contribution in [3.05, 3.63) is 62.0 Å². The van der Waals surface area contributed by atoms with Crippen molar-refractivity contribution in [3.63, 3.8) is 0 Å². The first kappa shape index (κ1) is 13.5. The molecule has 0 bridgehead atoms. The fourth-order valence-electron chi connectivity index (χ4n) is 1.88. The number of aromatic amines is 1. The summed E-state index contributed by atoms with van der Waals surface area (Å²) in [7, 11) is 0. The summed E-state index contributed by atoms with van der Waals surface area (Å²) in [5.41, 5.74) is 2.41. The molecule has 0 aliphatic rings. The molecule has 0 radical (unpaired) electrons. The number of hydrogen-bond donors (Lipinski definition) is 2. The number of H-pyrrole nitrogens is 1. The lowest BCUT2D eigenvalue weighted by Gasteiger charge is -2.12. The zero-order valence-corrected chi connectivity index (χ0v) is 12.2. The minimum absolute atomic E-state index is 0.101. The molecule has 19 heavy (non-hydrogen) atoms. The largest absolute Gasteiger partial charge is 0.367 e. The number of aryl methyl sites for hydroxylation is 2. The minimum Gasteiger partial charge on any atom is -0.367 e. The lowest BCUT2D eigenvalue weighted by atomic mass is 10.1. The van der Waals surface area contributed by atoms with Crippen LogP contribution in [0, 0.1) is 13.8 Å². The van der Waals surface area contributed by atoms with Crippen LogP contribution in [0.4, 0.5) is 5.69 Å². The highest BCUT2D eigenvalue weighted by atomic mass is 79.9. The number of aromatic nitrogens is 1. The van der Waals surface area contributed by atoms with Crippen LogP contribution in [0.15, 0.2) is 39.9 Å². The van der Waals surface area contributed by atoms with Gasteiger partial charge in [-0.2, -0.15) is 0 Å². The normalized spacial score (nSPS) is 10.3. The molecule has 5 heteroatoms. The van der Waals surface area contributed by atoms with Crippen LogP contribution in [-0.4, -0.2) is 10.9 Å². The summed E-state index contributed by atoms with van der Waals surface area (Å²) in [4.78, 5) is 26.4. The average molecular weight is 321 g/mol. The van der Waals surface area contributed by atoms with Gasteiger partial charge in [0.1, 0.15) is 5.56 Å². The molecule has 0 unspecified atom stereocenters. The fourth-order valence-corrected chi connectivity index (χ4v) is 2.57. The maximum atomic E-state index is 12.1. The van der Waals surface area contributed by atoms with Crippen LogP contribution >= 0.6 is 15.9 Å². The Kier molecular flexibility index (Phi) is 3.85. The number of anilines is 1. The highest BCUT2D eigenvalue weighted by Crippen LogP contribution is 2.25. The van der Waals surface area contributed by atoms with Gasteiger partial charge in [0.25, 0.3) is 5.91 Å². The third-order valence-electron chi connectivity index (χ3n) is 2.80. The molecule has 0 aliphatic carbocycles. The van der Waals surface area contributed by atoms with Gasteiger partial charge in [0.2, 0.25) is 0 Å². The van der Waals surface area contributed by atoms with E-state index in [-0.39, 0.29) is 11.0 Å². The molecule has 98 valence electrons. The lowest BCUT2D eigenvalue weighted by Crippen LogP contribution is -2.21. The maximum Gasteiger partial charge on any atom is 0.261 e. The van der Waals surface area contributed by atoms with E-state index in [2.05, 4.69) is 26.2 Å². The number of carbonyl (C=O) groups excluding carboxylic acids is 1. The molecule has 1 amide bonds. The quantitative estimate of drug-likeness (QED) is 0.893. The first-order chi connectivity index (χ1) is 8.99. The number of nitrogens with one attached hydrogen (secondary N) is 2. The number of rotatable bonds is 2. The molecule has 4 nitrogen and oxygen atoms in total. The molecule has 1 heterocycles. The third-order valence-corrected chi connectivity index (χ3v) is 3.26. The summed E-state index contributed by atoms with van der Waals surface area (Å²) in [5, 5.41) is 2.78. The van der Waals surface area contributed by atoms with Gasteiger partial charge >= 0.3 is 0 Å². The van der Waals surface area contributed by atoms with Gasteiger partial charge in [-0.3, -0.25) is 9.59 Å². The van der Waals surface area contributed by atoms with E-state index >= 15 is 0 Å². The Hall–Kier alpha value is -1.88. The van der Waals surface area contributed by atoms with Gasteiger partial charge < -0.3 is 10.3 Å². The van der Waals surface area contributed by atoms with Crippen LogP contribution in [-0.2, 0) is 0 Å². The zero-order chi connectivity index (χ0) is 14.0. The summed E-state index contributed by atoms with van der Waals surface area (Å²) in [5.74, 6) is -0.407. The van der Waals surface area contributed by atoms with Gasteiger partial charge in [0.05, 0.1) is 0 Å². The Labute approximate surface area is 119 Å². The first-order valence-electron chi connectivity index (χ1n) is 5.74. The molecule has 0 fully saturated rings. The van der Waals surface area contributed by atoms with E-state index in [1.54, 1.807) is 0 Å². The second-order valence-corrected chi connectivity index (χ2v) is 5.21. The average Bonchev–Trinajstić information content (AvgIpc) is 2.34. The topological polar surface area (TPSA) is 62.0 Å². The number of benzene rings is 1. The summed E-state index contributed by atoms with van der Waals surface area (Å²) in [6.45, 7) is 3.81. The second-order valence-electron chi connectivity index (χ2n) is 4.29. The van der Waals surface area contributed by atoms with E-state index in [9.17, 15) is 9.59 Å². The first-order valence-corrected chi connectivity index (χ1v) is 6.53. The number of amides is 1. The monoisotopic (exact) mass is 320 g/mol. The molecule has 2 aromatic rings. The molecule has 0 atom stereocenters. The van der Waals surface area contributed by atoms with E-state index in [1.807, 2.05) is 26.0 Å². The highest BCUT2D eigenvalue weighted by molar-refractivity contribution is 9.10. The van der Waals surface area contributed by atoms with Gasteiger partial charge in [-0.05, 0) is 37.1 Å². The van der Waals surface area contributed by atoms with Gasteiger partial charge in [-0.15, -0.1) is 0 Å². The molecule has 1 aromatic carbocycles. The maximum absolute atomic E-state index is 12.1. The van der Waals surface area contributed by atoms with Crippen molar-refractivity contribution in [2.75, 3.05) is 5.32 Å². The Bertz CT molecular complexity index is 669. The van der Waals surface area contributed by atoms with Gasteiger partial charge in [-0.1, -0.05) is 15.9 Å². The Morgan fingerprint density at radius 1 is 1.26 bits per heavy atom. The number of carbonyl (C=O) groups is 1. The van der Waals surface area contributed by atoms with E-state index in [1.165, 1.54) is 18.5 Å². The van der Waals surface area contributed by atoms with Gasteiger partial charge in [0.15, 0.2) is 5.43 Å². The lowest BCUT2D eigenvalue weighted by molar-refractivity contribution is 0.102. The van der Waals surface area contributed by atoms with Gasteiger partial charge in [0, 0.05) is 28.6 Å². The highest BCUT2D eigenvalue weighted by Gasteiger charge is 2.12. The molecule has 0 spiro atoms. The molecule has 2 rings (SSSR count). The Morgan fingerprint density at radius 3 is 2.47 bits per heavy atom. The molecule has 0 saturated carbocycles. The smallest absolute Gasteiger partial charge is 0.261 e. The third kappa shape index (κ3) is 2.93. The molecule has 2 N–H and O–H groups in total. The van der Waals surface area contributed by atoms with E-state index in [0.717, 1.165) is 21.3 Å². The van der Waals surface area contributed by atoms with E-state index in [0.29, 0.717) is 0 Å². The van der Waals surface area contributed by atoms with Crippen LogP contribution in [0.2, 0.25) is 0 Å². The number of hydrogen-bond acceptors (Lipinski definition) is 2. The fraction of sp³-hybridized carbons (Fsp3) is 0.143. The van der Waals surface area contributed by atoms with Crippen molar-refractivity contribution in [1.82, 2.24) is 4.98 Å². The van der Waals surface area contributed by atoms with Crippen molar-refractivity contribution in [1.29, 1.82) is 0 Å². The van der Waals surface area contributed by atoms with Crippen LogP contribution in [0.5, 0.6) is 0 Å². The van der Waals surface area contributed by atoms with E-state index in [4.69, 9.17) is 0 Å². The SMILES string of the molecule is Cc1cc(Br)cc(C)c1NC(=O)c1c[nH]ccc1=O. The van der Waals surface area contributed by atoms with Gasteiger partial charge in [-0.25, -0.2) is 0 Å². The van der Waals surface area contributed by atoms with Crippen LogP contribution in [0.3, 0.4) is 0 Å².